The van der Waals surface area contributed by atoms with Gasteiger partial charge in [-0.15, -0.1) is 0 Å². The van der Waals surface area contributed by atoms with Crippen molar-refractivity contribution in [3.8, 4) is 0 Å². The van der Waals surface area contributed by atoms with Gasteiger partial charge >= 0.3 is 6.03 Å². The molecule has 3 N–H and O–H groups in total. The highest BCUT2D eigenvalue weighted by molar-refractivity contribution is 5.89. The Bertz CT molecular complexity index is 347. The Balaban J connectivity index is 1.88. The summed E-state index contributed by atoms with van der Waals surface area (Å²) in [6.07, 6.45) is 1.71. The van der Waals surface area contributed by atoms with Crippen LogP contribution >= 0.6 is 0 Å². The van der Waals surface area contributed by atoms with Gasteiger partial charge in [0, 0.05) is 5.69 Å². The number of benzene rings is 1. The fraction of sp³-hybridized carbons (Fsp3) is 0.364. The van der Waals surface area contributed by atoms with Gasteiger partial charge in [0.05, 0.1) is 12.1 Å². The van der Waals surface area contributed by atoms with E-state index in [0.717, 1.165) is 18.5 Å². The van der Waals surface area contributed by atoms with Crippen molar-refractivity contribution in [2.75, 3.05) is 11.9 Å². The molecule has 0 heterocycles. The number of aliphatic hydroxyl groups is 1. The van der Waals surface area contributed by atoms with Crippen LogP contribution in [0.5, 0.6) is 0 Å². The number of hydrogen-bond donors (Lipinski definition) is 3. The molecule has 2 rings (SSSR count). The number of hydrogen-bond acceptors (Lipinski definition) is 2. The zero-order chi connectivity index (χ0) is 10.7. The van der Waals surface area contributed by atoms with Gasteiger partial charge in [0.25, 0.3) is 0 Å². The van der Waals surface area contributed by atoms with Crippen LogP contribution in [0, 0.1) is 0 Å². The third-order valence-corrected chi connectivity index (χ3v) is 2.57. The molecule has 0 bridgehead atoms. The van der Waals surface area contributed by atoms with Gasteiger partial charge in [-0.25, -0.2) is 4.79 Å². The summed E-state index contributed by atoms with van der Waals surface area (Å²) >= 11 is 0. The Morgan fingerprint density at radius 3 is 2.53 bits per heavy atom. The lowest BCUT2D eigenvalue weighted by atomic mass is 10.3. The predicted molar refractivity (Wildman–Crippen MR) is 57.6 cm³/mol. The number of carbonyl (C=O) groups is 1. The van der Waals surface area contributed by atoms with Gasteiger partial charge in [0.1, 0.15) is 0 Å². The molecule has 4 nitrogen and oxygen atoms in total. The fourth-order valence-corrected chi connectivity index (χ4v) is 1.40. The van der Waals surface area contributed by atoms with Gasteiger partial charge in [0.15, 0.2) is 0 Å². The molecule has 1 aromatic rings. The lowest BCUT2D eigenvalue weighted by Crippen LogP contribution is -2.42. The second kappa shape index (κ2) is 3.90. The van der Waals surface area contributed by atoms with E-state index in [0.29, 0.717) is 0 Å². The van der Waals surface area contributed by atoms with Crippen LogP contribution in [0.3, 0.4) is 0 Å². The molecule has 0 atom stereocenters. The molecule has 0 spiro atoms. The number of urea groups is 1. The first kappa shape index (κ1) is 9.98. The summed E-state index contributed by atoms with van der Waals surface area (Å²) in [7, 11) is 0. The summed E-state index contributed by atoms with van der Waals surface area (Å²) in [5.41, 5.74) is 0.391. The summed E-state index contributed by atoms with van der Waals surface area (Å²) in [6.45, 7) is 0.00914. The first-order valence-corrected chi connectivity index (χ1v) is 4.99. The fourth-order valence-electron chi connectivity index (χ4n) is 1.40. The Morgan fingerprint density at radius 1 is 1.33 bits per heavy atom. The minimum Gasteiger partial charge on any atom is -0.394 e. The molecule has 1 fully saturated rings. The lowest BCUT2D eigenvalue weighted by Gasteiger charge is -2.14. The molecule has 0 saturated heterocycles. The number of para-hydroxylation sites is 1. The van der Waals surface area contributed by atoms with E-state index in [1.165, 1.54) is 0 Å². The Labute approximate surface area is 88.3 Å². The molecular weight excluding hydrogens is 192 g/mol. The van der Waals surface area contributed by atoms with Gasteiger partial charge in [0.2, 0.25) is 0 Å². The molecule has 80 valence electrons. The van der Waals surface area contributed by atoms with E-state index < -0.39 is 0 Å². The van der Waals surface area contributed by atoms with Crippen molar-refractivity contribution in [2.45, 2.75) is 18.4 Å². The van der Waals surface area contributed by atoms with Crippen LogP contribution in [-0.4, -0.2) is 23.3 Å². The molecule has 1 saturated carbocycles. The number of anilines is 1. The van der Waals surface area contributed by atoms with Gasteiger partial charge < -0.3 is 15.7 Å². The molecule has 1 aliphatic carbocycles. The molecule has 4 heteroatoms. The van der Waals surface area contributed by atoms with Crippen LogP contribution in [-0.2, 0) is 0 Å². The zero-order valence-electron chi connectivity index (χ0n) is 8.36. The van der Waals surface area contributed by atoms with Crippen molar-refractivity contribution in [1.82, 2.24) is 5.32 Å². The second-order valence-corrected chi connectivity index (χ2v) is 3.88. The van der Waals surface area contributed by atoms with E-state index in [1.54, 1.807) is 0 Å². The minimum absolute atomic E-state index is 0.00914. The number of rotatable bonds is 3. The molecule has 15 heavy (non-hydrogen) atoms. The molecule has 0 aromatic heterocycles. The van der Waals surface area contributed by atoms with Crippen molar-refractivity contribution in [1.29, 1.82) is 0 Å². The Hall–Kier alpha value is -1.55. The highest BCUT2D eigenvalue weighted by Crippen LogP contribution is 2.34. The topological polar surface area (TPSA) is 61.4 Å². The van der Waals surface area contributed by atoms with Gasteiger partial charge in [-0.05, 0) is 25.0 Å². The van der Waals surface area contributed by atoms with E-state index in [9.17, 15) is 4.79 Å². The molecule has 2 amide bonds. The van der Waals surface area contributed by atoms with E-state index in [1.807, 2.05) is 30.3 Å². The van der Waals surface area contributed by atoms with Crippen LogP contribution in [0.4, 0.5) is 10.5 Å². The van der Waals surface area contributed by atoms with E-state index in [4.69, 9.17) is 5.11 Å². The second-order valence-electron chi connectivity index (χ2n) is 3.88. The maximum Gasteiger partial charge on any atom is 0.319 e. The zero-order valence-corrected chi connectivity index (χ0v) is 8.36. The van der Waals surface area contributed by atoms with Gasteiger partial charge in [-0.3, -0.25) is 0 Å². The highest BCUT2D eigenvalue weighted by Gasteiger charge is 2.43. The lowest BCUT2D eigenvalue weighted by molar-refractivity contribution is 0.217. The Kier molecular flexibility index (Phi) is 2.60. The maximum absolute atomic E-state index is 11.5. The van der Waals surface area contributed by atoms with Crippen LogP contribution < -0.4 is 10.6 Å². The summed E-state index contributed by atoms with van der Waals surface area (Å²) in [4.78, 5) is 11.5. The summed E-state index contributed by atoms with van der Waals surface area (Å²) in [6, 6.07) is 8.98. The number of carbonyl (C=O) groups excluding carboxylic acids is 1. The average molecular weight is 206 g/mol. The first-order chi connectivity index (χ1) is 7.24. The Morgan fingerprint density at radius 2 is 2.00 bits per heavy atom. The monoisotopic (exact) mass is 206 g/mol. The third-order valence-electron chi connectivity index (χ3n) is 2.57. The van der Waals surface area contributed by atoms with Crippen molar-refractivity contribution in [2.24, 2.45) is 0 Å². The first-order valence-electron chi connectivity index (χ1n) is 4.99. The molecule has 1 aliphatic rings. The minimum atomic E-state index is -0.362. The van der Waals surface area contributed by atoms with E-state index in [2.05, 4.69) is 10.6 Å². The largest absolute Gasteiger partial charge is 0.394 e. The predicted octanol–water partition coefficient (Wildman–Crippen LogP) is 1.33. The number of amides is 2. The van der Waals surface area contributed by atoms with Gasteiger partial charge in [-0.1, -0.05) is 18.2 Å². The summed E-state index contributed by atoms with van der Waals surface area (Å²) in [5, 5.41) is 14.5. The van der Waals surface area contributed by atoms with Crippen LogP contribution in [0.15, 0.2) is 30.3 Å². The molecule has 0 unspecified atom stereocenters. The van der Waals surface area contributed by atoms with Crippen LogP contribution in [0.2, 0.25) is 0 Å². The maximum atomic E-state index is 11.5. The molecule has 1 aromatic carbocycles. The van der Waals surface area contributed by atoms with E-state index >= 15 is 0 Å². The SMILES string of the molecule is O=C(Nc1ccccc1)NC1(CO)CC1. The van der Waals surface area contributed by atoms with Crippen molar-refractivity contribution >= 4 is 11.7 Å². The molecule has 0 aliphatic heterocycles. The van der Waals surface area contributed by atoms with Crippen LogP contribution in [0.1, 0.15) is 12.8 Å². The number of nitrogens with one attached hydrogen (secondary N) is 2. The standard InChI is InChI=1S/C11H14N2O2/c14-8-11(6-7-11)13-10(15)12-9-4-2-1-3-5-9/h1-5,14H,6-8H2,(H2,12,13,15). The summed E-state index contributed by atoms with van der Waals surface area (Å²) < 4.78 is 0. The van der Waals surface area contributed by atoms with E-state index in [-0.39, 0.29) is 18.2 Å². The van der Waals surface area contributed by atoms with Crippen molar-refractivity contribution in [3.05, 3.63) is 30.3 Å². The van der Waals surface area contributed by atoms with Gasteiger partial charge in [-0.2, -0.15) is 0 Å². The smallest absolute Gasteiger partial charge is 0.319 e. The molecular formula is C11H14N2O2. The summed E-state index contributed by atoms with van der Waals surface area (Å²) in [5.74, 6) is 0. The van der Waals surface area contributed by atoms with Crippen molar-refractivity contribution in [3.63, 3.8) is 0 Å². The average Bonchev–Trinajstić information content (AvgIpc) is 3.00. The molecule has 0 radical (unpaired) electrons. The quantitative estimate of drug-likeness (QED) is 0.698. The van der Waals surface area contributed by atoms with Crippen LogP contribution in [0.25, 0.3) is 0 Å². The number of aliphatic hydroxyl groups excluding tert-OH is 1. The van der Waals surface area contributed by atoms with Crippen molar-refractivity contribution < 1.29 is 9.90 Å². The third kappa shape index (κ3) is 2.47. The highest BCUT2D eigenvalue weighted by atomic mass is 16.3. The normalized spacial score (nSPS) is 16.9.